The predicted molar refractivity (Wildman–Crippen MR) is 74.6 cm³/mol. The van der Waals surface area contributed by atoms with Crippen molar-refractivity contribution in [3.63, 3.8) is 0 Å². The zero-order chi connectivity index (χ0) is 12.8. The fourth-order valence-corrected chi connectivity index (χ4v) is 2.30. The molecule has 0 amide bonds. The van der Waals surface area contributed by atoms with Gasteiger partial charge in [0.2, 0.25) is 0 Å². The van der Waals surface area contributed by atoms with Crippen LogP contribution in [0.2, 0.25) is 0 Å². The maximum absolute atomic E-state index is 8.74. The number of rotatable bonds is 5. The maximum Gasteiger partial charge on any atom is 0.0795 e. The molecule has 1 heterocycles. The van der Waals surface area contributed by atoms with E-state index in [0.29, 0.717) is 6.42 Å². The fraction of sp³-hybridized carbons (Fsp3) is 0.286. The van der Waals surface area contributed by atoms with Crippen molar-refractivity contribution in [2.75, 3.05) is 11.4 Å². The molecule has 0 radical (unpaired) electrons. The number of thiazole rings is 1. The van der Waals surface area contributed by atoms with Crippen LogP contribution < -0.4 is 4.90 Å². The van der Waals surface area contributed by atoms with Crippen LogP contribution in [0.1, 0.15) is 17.7 Å². The van der Waals surface area contributed by atoms with E-state index in [1.54, 1.807) is 11.3 Å². The molecule has 0 aliphatic heterocycles. The minimum absolute atomic E-state index is 0.526. The second kappa shape index (κ2) is 6.18. The highest BCUT2D eigenvalue weighted by atomic mass is 32.1. The van der Waals surface area contributed by atoms with E-state index in [-0.39, 0.29) is 0 Å². The van der Waals surface area contributed by atoms with Gasteiger partial charge in [-0.25, -0.2) is 4.98 Å². The number of anilines is 1. The van der Waals surface area contributed by atoms with Crippen molar-refractivity contribution < 1.29 is 0 Å². The van der Waals surface area contributed by atoms with Crippen molar-refractivity contribution in [2.24, 2.45) is 0 Å². The molecule has 0 bridgehead atoms. The lowest BCUT2D eigenvalue weighted by atomic mass is 10.2. The lowest BCUT2D eigenvalue weighted by Crippen LogP contribution is -2.23. The van der Waals surface area contributed by atoms with E-state index < -0.39 is 0 Å². The van der Waals surface area contributed by atoms with Gasteiger partial charge in [0.05, 0.1) is 30.2 Å². The van der Waals surface area contributed by atoms with Crippen molar-refractivity contribution in [3.05, 3.63) is 46.4 Å². The van der Waals surface area contributed by atoms with Crippen LogP contribution in [0, 0.1) is 18.3 Å². The molecule has 0 saturated carbocycles. The van der Waals surface area contributed by atoms with Gasteiger partial charge in [0.15, 0.2) is 0 Å². The highest BCUT2D eigenvalue weighted by Gasteiger charge is 2.08. The van der Waals surface area contributed by atoms with Crippen LogP contribution in [0.25, 0.3) is 0 Å². The Balaban J connectivity index is 2.14. The summed E-state index contributed by atoms with van der Waals surface area (Å²) >= 11 is 1.60. The zero-order valence-corrected chi connectivity index (χ0v) is 11.2. The molecule has 0 aliphatic rings. The third-order valence-electron chi connectivity index (χ3n) is 2.73. The number of hydrogen-bond acceptors (Lipinski definition) is 4. The summed E-state index contributed by atoms with van der Waals surface area (Å²) in [6.07, 6.45) is 0.526. The van der Waals surface area contributed by atoms with Crippen LogP contribution in [0.5, 0.6) is 0 Å². The maximum atomic E-state index is 8.74. The van der Waals surface area contributed by atoms with E-state index in [4.69, 9.17) is 5.26 Å². The van der Waals surface area contributed by atoms with Crippen molar-refractivity contribution in [1.82, 2.24) is 4.98 Å². The Bertz CT molecular complexity index is 511. The third kappa shape index (κ3) is 3.31. The summed E-state index contributed by atoms with van der Waals surface area (Å²) in [5.41, 5.74) is 5.28. The number of nitriles is 1. The largest absolute Gasteiger partial charge is 0.365 e. The Morgan fingerprint density at radius 3 is 2.72 bits per heavy atom. The standard InChI is InChI=1S/C14H15N3S/c1-12-3-5-14(6-4-12)17(8-2-7-15)9-13-10-18-11-16-13/h3-6,10-11H,2,8-9H2,1H3. The van der Waals surface area contributed by atoms with Crippen molar-refractivity contribution in [1.29, 1.82) is 5.26 Å². The second-order valence-corrected chi connectivity index (χ2v) is 4.86. The summed E-state index contributed by atoms with van der Waals surface area (Å²) in [6.45, 7) is 3.56. The van der Waals surface area contributed by atoms with Crippen molar-refractivity contribution >= 4 is 17.0 Å². The molecule has 0 unspecified atom stereocenters. The third-order valence-corrected chi connectivity index (χ3v) is 3.36. The predicted octanol–water partition coefficient (Wildman–Crippen LogP) is 3.37. The minimum Gasteiger partial charge on any atom is -0.365 e. The molecule has 0 fully saturated rings. The Morgan fingerprint density at radius 2 is 2.11 bits per heavy atom. The van der Waals surface area contributed by atoms with E-state index in [2.05, 4.69) is 47.1 Å². The van der Waals surface area contributed by atoms with E-state index in [1.807, 2.05) is 10.9 Å². The van der Waals surface area contributed by atoms with Gasteiger partial charge in [0, 0.05) is 17.6 Å². The summed E-state index contributed by atoms with van der Waals surface area (Å²) in [7, 11) is 0. The molecule has 0 atom stereocenters. The molecule has 1 aromatic heterocycles. The normalized spacial score (nSPS) is 10.0. The molecule has 0 N–H and O–H groups in total. The zero-order valence-electron chi connectivity index (χ0n) is 10.3. The van der Waals surface area contributed by atoms with Crippen LogP contribution in [0.15, 0.2) is 35.2 Å². The molecule has 2 aromatic rings. The number of benzene rings is 1. The first-order valence-corrected chi connectivity index (χ1v) is 6.79. The van der Waals surface area contributed by atoms with Gasteiger partial charge in [-0.2, -0.15) is 5.26 Å². The number of hydrogen-bond donors (Lipinski definition) is 0. The topological polar surface area (TPSA) is 39.9 Å². The summed E-state index contributed by atoms with van der Waals surface area (Å²) in [5.74, 6) is 0. The molecule has 0 spiro atoms. The first-order valence-electron chi connectivity index (χ1n) is 5.85. The monoisotopic (exact) mass is 257 g/mol. The summed E-state index contributed by atoms with van der Waals surface area (Å²) in [4.78, 5) is 6.49. The van der Waals surface area contributed by atoms with Gasteiger partial charge in [0.25, 0.3) is 0 Å². The number of aryl methyl sites for hydroxylation is 1. The lowest BCUT2D eigenvalue weighted by Gasteiger charge is -2.23. The summed E-state index contributed by atoms with van der Waals surface area (Å²) < 4.78 is 0. The van der Waals surface area contributed by atoms with Gasteiger partial charge in [-0.3, -0.25) is 0 Å². The van der Waals surface area contributed by atoms with Gasteiger partial charge in [0.1, 0.15) is 0 Å². The molecule has 4 heteroatoms. The molecular weight excluding hydrogens is 242 g/mol. The van der Waals surface area contributed by atoms with Crippen LogP contribution in [-0.2, 0) is 6.54 Å². The Hall–Kier alpha value is -1.86. The Labute approximate surface area is 111 Å². The minimum atomic E-state index is 0.526. The van der Waals surface area contributed by atoms with Gasteiger partial charge < -0.3 is 4.90 Å². The number of aromatic nitrogens is 1. The smallest absolute Gasteiger partial charge is 0.0795 e. The van der Waals surface area contributed by atoms with Crippen LogP contribution >= 0.6 is 11.3 Å². The summed E-state index contributed by atoms with van der Waals surface area (Å²) in [5, 5.41) is 10.8. The first-order chi connectivity index (χ1) is 8.79. The van der Waals surface area contributed by atoms with E-state index >= 15 is 0 Å². The SMILES string of the molecule is Cc1ccc(N(CCC#N)Cc2cscn2)cc1. The molecule has 2 rings (SSSR count). The molecule has 18 heavy (non-hydrogen) atoms. The second-order valence-electron chi connectivity index (χ2n) is 4.14. The van der Waals surface area contributed by atoms with Gasteiger partial charge in [-0.15, -0.1) is 11.3 Å². The number of nitrogens with zero attached hydrogens (tertiary/aromatic N) is 3. The highest BCUT2D eigenvalue weighted by molar-refractivity contribution is 7.07. The van der Waals surface area contributed by atoms with Crippen LogP contribution in [0.3, 0.4) is 0 Å². The van der Waals surface area contributed by atoms with Crippen molar-refractivity contribution in [2.45, 2.75) is 19.9 Å². The quantitative estimate of drug-likeness (QED) is 0.824. The lowest BCUT2D eigenvalue weighted by molar-refractivity contribution is 0.785. The molecular formula is C14H15N3S. The average Bonchev–Trinajstić information content (AvgIpc) is 2.88. The molecule has 3 nitrogen and oxygen atoms in total. The van der Waals surface area contributed by atoms with Gasteiger partial charge >= 0.3 is 0 Å². The molecule has 0 aliphatic carbocycles. The Morgan fingerprint density at radius 1 is 1.33 bits per heavy atom. The van der Waals surface area contributed by atoms with E-state index in [0.717, 1.165) is 24.5 Å². The average molecular weight is 257 g/mol. The molecule has 92 valence electrons. The first kappa shape index (κ1) is 12.6. The van der Waals surface area contributed by atoms with Crippen LogP contribution in [-0.4, -0.2) is 11.5 Å². The van der Waals surface area contributed by atoms with Crippen molar-refractivity contribution in [3.8, 4) is 6.07 Å². The highest BCUT2D eigenvalue weighted by Crippen LogP contribution is 2.18. The van der Waals surface area contributed by atoms with E-state index in [1.165, 1.54) is 5.56 Å². The van der Waals surface area contributed by atoms with E-state index in [9.17, 15) is 0 Å². The Kier molecular flexibility index (Phi) is 4.32. The fourth-order valence-electron chi connectivity index (χ4n) is 1.75. The van der Waals surface area contributed by atoms with Gasteiger partial charge in [-0.1, -0.05) is 17.7 Å². The molecule has 0 saturated heterocycles. The summed E-state index contributed by atoms with van der Waals surface area (Å²) in [6, 6.07) is 10.6. The van der Waals surface area contributed by atoms with Gasteiger partial charge in [-0.05, 0) is 19.1 Å². The van der Waals surface area contributed by atoms with Crippen LogP contribution in [0.4, 0.5) is 5.69 Å². The molecule has 1 aromatic carbocycles.